The summed E-state index contributed by atoms with van der Waals surface area (Å²) in [6, 6.07) is 15.9. The maximum Gasteiger partial charge on any atom is 0.134 e. The summed E-state index contributed by atoms with van der Waals surface area (Å²) in [6.07, 6.45) is 0. The van der Waals surface area contributed by atoms with Gasteiger partial charge in [-0.25, -0.2) is 4.98 Å². The molecule has 0 radical (unpaired) electrons. The molecule has 4 nitrogen and oxygen atoms in total. The summed E-state index contributed by atoms with van der Waals surface area (Å²) in [6.45, 7) is 1.47. The number of nitrogens with zero attached hydrogens (tertiary/aromatic N) is 2. The van der Waals surface area contributed by atoms with Crippen molar-refractivity contribution in [1.29, 1.82) is 0 Å². The van der Waals surface area contributed by atoms with Gasteiger partial charge in [0.2, 0.25) is 0 Å². The minimum Gasteiger partial charge on any atom is -0.497 e. The van der Waals surface area contributed by atoms with Crippen LogP contribution in [-0.2, 0) is 13.1 Å². The third-order valence-electron chi connectivity index (χ3n) is 4.12. The Bertz CT molecular complexity index is 883. The Balaban J connectivity index is 1.81. The molecule has 0 fully saturated rings. The van der Waals surface area contributed by atoms with Crippen molar-refractivity contribution in [2.24, 2.45) is 0 Å². The smallest absolute Gasteiger partial charge is 0.134 e. The van der Waals surface area contributed by atoms with E-state index < -0.39 is 0 Å². The molecule has 5 heteroatoms. The van der Waals surface area contributed by atoms with E-state index in [1.54, 1.807) is 14.2 Å². The second kappa shape index (κ2) is 7.72. The standard InChI is InChI=1S/C20H21ClN2O2/c1-23(12-15-6-4-5-7-19(15)25-3)13-16-10-14-8-9-17(24-2)11-18(14)22-20(16)21/h4-11H,12-13H2,1-3H3. The molecule has 0 aliphatic heterocycles. The highest BCUT2D eigenvalue weighted by Crippen LogP contribution is 2.26. The topological polar surface area (TPSA) is 34.6 Å². The van der Waals surface area contributed by atoms with E-state index in [9.17, 15) is 0 Å². The molecule has 0 unspecified atom stereocenters. The molecule has 0 aliphatic rings. The van der Waals surface area contributed by atoms with Crippen LogP contribution in [0.4, 0.5) is 0 Å². The Hall–Kier alpha value is -2.30. The Kier molecular flexibility index (Phi) is 5.41. The number of rotatable bonds is 6. The molecule has 0 bridgehead atoms. The van der Waals surface area contributed by atoms with Crippen molar-refractivity contribution in [3.63, 3.8) is 0 Å². The first kappa shape index (κ1) is 17.5. The number of pyridine rings is 1. The molecule has 0 atom stereocenters. The molecule has 25 heavy (non-hydrogen) atoms. The molecule has 3 aromatic rings. The van der Waals surface area contributed by atoms with E-state index in [1.807, 2.05) is 36.4 Å². The minimum absolute atomic E-state index is 0.521. The highest BCUT2D eigenvalue weighted by Gasteiger charge is 2.11. The molecule has 0 aliphatic carbocycles. The summed E-state index contributed by atoms with van der Waals surface area (Å²) in [5, 5.41) is 1.57. The summed E-state index contributed by atoms with van der Waals surface area (Å²) in [5.41, 5.74) is 2.97. The lowest BCUT2D eigenvalue weighted by atomic mass is 10.1. The zero-order valence-corrected chi connectivity index (χ0v) is 15.4. The van der Waals surface area contributed by atoms with Crippen LogP contribution in [0.25, 0.3) is 10.9 Å². The maximum atomic E-state index is 6.40. The van der Waals surface area contributed by atoms with Crippen LogP contribution in [0.5, 0.6) is 11.5 Å². The normalized spacial score (nSPS) is 11.1. The fraction of sp³-hybridized carbons (Fsp3) is 0.250. The van der Waals surface area contributed by atoms with Crippen molar-refractivity contribution < 1.29 is 9.47 Å². The Morgan fingerprint density at radius 3 is 2.48 bits per heavy atom. The first-order valence-corrected chi connectivity index (χ1v) is 8.42. The molecule has 130 valence electrons. The number of para-hydroxylation sites is 1. The van der Waals surface area contributed by atoms with Crippen LogP contribution in [-0.4, -0.2) is 31.2 Å². The van der Waals surface area contributed by atoms with Crippen molar-refractivity contribution in [2.45, 2.75) is 13.1 Å². The number of benzene rings is 2. The molecule has 1 heterocycles. The maximum absolute atomic E-state index is 6.40. The van der Waals surface area contributed by atoms with Crippen LogP contribution in [0.1, 0.15) is 11.1 Å². The van der Waals surface area contributed by atoms with Crippen LogP contribution in [0.15, 0.2) is 48.5 Å². The quantitative estimate of drug-likeness (QED) is 0.607. The number of hydrogen-bond acceptors (Lipinski definition) is 4. The summed E-state index contributed by atoms with van der Waals surface area (Å²) < 4.78 is 10.7. The van der Waals surface area contributed by atoms with Crippen molar-refractivity contribution in [1.82, 2.24) is 9.88 Å². The summed E-state index contributed by atoms with van der Waals surface area (Å²) >= 11 is 6.40. The van der Waals surface area contributed by atoms with E-state index in [0.29, 0.717) is 11.7 Å². The number of hydrogen-bond donors (Lipinski definition) is 0. The molecule has 0 amide bonds. The van der Waals surface area contributed by atoms with Gasteiger partial charge in [0.25, 0.3) is 0 Å². The van der Waals surface area contributed by atoms with Crippen LogP contribution in [0.3, 0.4) is 0 Å². The van der Waals surface area contributed by atoms with E-state index in [-0.39, 0.29) is 0 Å². The van der Waals surface area contributed by atoms with Crippen molar-refractivity contribution in [3.05, 3.63) is 64.8 Å². The molecule has 0 N–H and O–H groups in total. The Labute approximate surface area is 153 Å². The van der Waals surface area contributed by atoms with Crippen molar-refractivity contribution >= 4 is 22.5 Å². The van der Waals surface area contributed by atoms with E-state index >= 15 is 0 Å². The summed E-state index contributed by atoms with van der Waals surface area (Å²) in [7, 11) is 5.39. The highest BCUT2D eigenvalue weighted by atomic mass is 35.5. The van der Waals surface area contributed by atoms with Gasteiger partial charge in [0, 0.05) is 35.7 Å². The van der Waals surface area contributed by atoms with Gasteiger partial charge in [-0.3, -0.25) is 4.90 Å². The third-order valence-corrected chi connectivity index (χ3v) is 4.45. The zero-order valence-electron chi connectivity index (χ0n) is 14.6. The van der Waals surface area contributed by atoms with Crippen molar-refractivity contribution in [3.8, 4) is 11.5 Å². The zero-order chi connectivity index (χ0) is 17.8. The van der Waals surface area contributed by atoms with E-state index in [4.69, 9.17) is 21.1 Å². The van der Waals surface area contributed by atoms with Gasteiger partial charge in [0.15, 0.2) is 0 Å². The first-order valence-electron chi connectivity index (χ1n) is 8.04. The monoisotopic (exact) mass is 356 g/mol. The number of halogens is 1. The molecule has 0 saturated heterocycles. The molecule has 0 saturated carbocycles. The lowest BCUT2D eigenvalue weighted by Crippen LogP contribution is -2.18. The number of fused-ring (bicyclic) bond motifs is 1. The minimum atomic E-state index is 0.521. The fourth-order valence-corrected chi connectivity index (χ4v) is 3.08. The van der Waals surface area contributed by atoms with Crippen LogP contribution >= 0.6 is 11.6 Å². The van der Waals surface area contributed by atoms with Gasteiger partial charge in [-0.2, -0.15) is 0 Å². The van der Waals surface area contributed by atoms with Crippen LogP contribution < -0.4 is 9.47 Å². The van der Waals surface area contributed by atoms with Gasteiger partial charge in [-0.05, 0) is 31.3 Å². The van der Waals surface area contributed by atoms with Crippen LogP contribution in [0, 0.1) is 0 Å². The van der Waals surface area contributed by atoms with Gasteiger partial charge < -0.3 is 9.47 Å². The molecule has 0 spiro atoms. The van der Waals surface area contributed by atoms with Crippen LogP contribution in [0.2, 0.25) is 5.15 Å². The average Bonchev–Trinajstić information content (AvgIpc) is 2.62. The number of ether oxygens (including phenoxy) is 2. The van der Waals surface area contributed by atoms with Gasteiger partial charge in [-0.1, -0.05) is 29.8 Å². The predicted octanol–water partition coefficient (Wildman–Crippen LogP) is 4.54. The van der Waals surface area contributed by atoms with E-state index in [2.05, 4.69) is 29.1 Å². The SMILES string of the molecule is COc1ccc2cc(CN(C)Cc3ccccc3OC)c(Cl)nc2c1. The van der Waals surface area contributed by atoms with Gasteiger partial charge in [0.05, 0.1) is 19.7 Å². The molecule has 2 aromatic carbocycles. The predicted molar refractivity (Wildman–Crippen MR) is 101 cm³/mol. The Morgan fingerprint density at radius 2 is 1.72 bits per heavy atom. The second-order valence-electron chi connectivity index (χ2n) is 5.98. The lowest BCUT2D eigenvalue weighted by Gasteiger charge is -2.19. The average molecular weight is 357 g/mol. The first-order chi connectivity index (χ1) is 12.1. The lowest BCUT2D eigenvalue weighted by molar-refractivity contribution is 0.310. The largest absolute Gasteiger partial charge is 0.497 e. The number of methoxy groups -OCH3 is 2. The van der Waals surface area contributed by atoms with Gasteiger partial charge >= 0.3 is 0 Å². The fourth-order valence-electron chi connectivity index (χ4n) is 2.88. The second-order valence-corrected chi connectivity index (χ2v) is 6.34. The summed E-state index contributed by atoms with van der Waals surface area (Å²) in [5.74, 6) is 1.67. The summed E-state index contributed by atoms with van der Waals surface area (Å²) in [4.78, 5) is 6.70. The Morgan fingerprint density at radius 1 is 0.960 bits per heavy atom. The van der Waals surface area contributed by atoms with E-state index in [1.165, 1.54) is 0 Å². The third kappa shape index (κ3) is 4.03. The molecule has 3 rings (SSSR count). The van der Waals surface area contributed by atoms with E-state index in [0.717, 1.165) is 40.1 Å². The molecular formula is C20H21ClN2O2. The van der Waals surface area contributed by atoms with Gasteiger partial charge in [0.1, 0.15) is 16.7 Å². The molecule has 1 aromatic heterocycles. The van der Waals surface area contributed by atoms with Gasteiger partial charge in [-0.15, -0.1) is 0 Å². The van der Waals surface area contributed by atoms with Crippen molar-refractivity contribution in [2.75, 3.05) is 21.3 Å². The number of aromatic nitrogens is 1. The highest BCUT2D eigenvalue weighted by molar-refractivity contribution is 6.30. The molecular weight excluding hydrogens is 336 g/mol.